The first-order valence-corrected chi connectivity index (χ1v) is 5.15. The van der Waals surface area contributed by atoms with E-state index in [0.717, 1.165) is 13.1 Å². The van der Waals surface area contributed by atoms with Gasteiger partial charge in [-0.2, -0.15) is 5.26 Å². The number of rotatable bonds is 3. The van der Waals surface area contributed by atoms with Crippen LogP contribution in [0, 0.1) is 17.2 Å². The van der Waals surface area contributed by atoms with Gasteiger partial charge >= 0.3 is 0 Å². The van der Waals surface area contributed by atoms with E-state index in [2.05, 4.69) is 30.4 Å². The van der Waals surface area contributed by atoms with Crippen LogP contribution < -0.4 is 5.43 Å². The molecule has 0 aromatic rings. The first kappa shape index (κ1) is 10.5. The van der Waals surface area contributed by atoms with Crippen molar-refractivity contribution in [2.45, 2.75) is 39.2 Å². The maximum atomic E-state index is 8.89. The van der Waals surface area contributed by atoms with Gasteiger partial charge in [-0.15, -0.1) is 0 Å². The summed E-state index contributed by atoms with van der Waals surface area (Å²) in [4.78, 5) is 0. The molecule has 0 spiro atoms. The van der Waals surface area contributed by atoms with E-state index in [4.69, 9.17) is 5.26 Å². The lowest BCUT2D eigenvalue weighted by Crippen LogP contribution is -2.48. The monoisotopic (exact) mass is 181 g/mol. The molecule has 0 bridgehead atoms. The van der Waals surface area contributed by atoms with E-state index >= 15 is 0 Å². The Morgan fingerprint density at radius 2 is 1.85 bits per heavy atom. The summed E-state index contributed by atoms with van der Waals surface area (Å²) in [5.41, 5.74) is 3.28. The summed E-state index contributed by atoms with van der Waals surface area (Å²) in [6, 6.07) is 2.27. The molecule has 13 heavy (non-hydrogen) atoms. The molecule has 0 amide bonds. The van der Waals surface area contributed by atoms with Crippen molar-refractivity contribution < 1.29 is 0 Å². The third-order valence-electron chi connectivity index (χ3n) is 2.48. The molecular formula is C10H19N3. The van der Waals surface area contributed by atoms with Crippen LogP contribution in [0.1, 0.15) is 33.1 Å². The van der Waals surface area contributed by atoms with E-state index in [1.807, 2.05) is 0 Å². The molecule has 1 aliphatic heterocycles. The van der Waals surface area contributed by atoms with Crippen molar-refractivity contribution in [2.24, 2.45) is 5.92 Å². The fraction of sp³-hybridized carbons (Fsp3) is 0.900. The Labute approximate surface area is 80.7 Å². The Morgan fingerprint density at radius 1 is 1.23 bits per heavy atom. The lowest BCUT2D eigenvalue weighted by Gasteiger charge is -2.30. The molecule has 1 unspecified atom stereocenters. The summed E-state index contributed by atoms with van der Waals surface area (Å²) in [6.07, 6.45) is 3.84. The highest BCUT2D eigenvalue weighted by molar-refractivity contribution is 4.91. The van der Waals surface area contributed by atoms with Crippen LogP contribution in [0.2, 0.25) is 0 Å². The zero-order chi connectivity index (χ0) is 9.68. The summed E-state index contributed by atoms with van der Waals surface area (Å²) in [7, 11) is 0. The van der Waals surface area contributed by atoms with Gasteiger partial charge < -0.3 is 0 Å². The van der Waals surface area contributed by atoms with Crippen LogP contribution in [0.15, 0.2) is 0 Å². The average Bonchev–Trinajstić information content (AvgIpc) is 2.15. The molecule has 0 aromatic heterocycles. The number of piperidine rings is 1. The minimum atomic E-state index is -0.0295. The summed E-state index contributed by atoms with van der Waals surface area (Å²) < 4.78 is 0. The summed E-state index contributed by atoms with van der Waals surface area (Å²) in [6.45, 7) is 6.32. The van der Waals surface area contributed by atoms with E-state index in [1.165, 1.54) is 19.3 Å². The summed E-state index contributed by atoms with van der Waals surface area (Å²) in [5, 5.41) is 11.1. The molecule has 1 saturated heterocycles. The first-order chi connectivity index (χ1) is 6.24. The zero-order valence-electron chi connectivity index (χ0n) is 8.58. The van der Waals surface area contributed by atoms with Gasteiger partial charge in [0.1, 0.15) is 6.04 Å². The number of hydrogen-bond acceptors (Lipinski definition) is 3. The van der Waals surface area contributed by atoms with Crippen molar-refractivity contribution in [3.8, 4) is 6.07 Å². The van der Waals surface area contributed by atoms with E-state index < -0.39 is 0 Å². The van der Waals surface area contributed by atoms with Crippen molar-refractivity contribution in [3.05, 3.63) is 0 Å². The van der Waals surface area contributed by atoms with E-state index in [0.29, 0.717) is 5.92 Å². The first-order valence-electron chi connectivity index (χ1n) is 5.15. The van der Waals surface area contributed by atoms with Gasteiger partial charge in [0.15, 0.2) is 0 Å². The van der Waals surface area contributed by atoms with Gasteiger partial charge in [-0.25, -0.2) is 10.4 Å². The zero-order valence-corrected chi connectivity index (χ0v) is 8.58. The van der Waals surface area contributed by atoms with Gasteiger partial charge in [0, 0.05) is 13.1 Å². The lowest BCUT2D eigenvalue weighted by atomic mass is 10.1. The Hall–Kier alpha value is -0.590. The third-order valence-corrected chi connectivity index (χ3v) is 2.48. The van der Waals surface area contributed by atoms with E-state index in [9.17, 15) is 0 Å². The minimum Gasteiger partial charge on any atom is -0.243 e. The number of nitrogens with one attached hydrogen (secondary N) is 1. The van der Waals surface area contributed by atoms with Crippen molar-refractivity contribution in [2.75, 3.05) is 13.1 Å². The van der Waals surface area contributed by atoms with E-state index in [-0.39, 0.29) is 6.04 Å². The molecule has 1 N–H and O–H groups in total. The van der Waals surface area contributed by atoms with Gasteiger partial charge in [-0.1, -0.05) is 20.3 Å². The lowest BCUT2D eigenvalue weighted by molar-refractivity contribution is 0.129. The molecule has 3 heteroatoms. The maximum absolute atomic E-state index is 8.89. The fourth-order valence-corrected chi connectivity index (χ4v) is 1.55. The van der Waals surface area contributed by atoms with Gasteiger partial charge in [-0.05, 0) is 18.8 Å². The van der Waals surface area contributed by atoms with Crippen LogP contribution in [-0.4, -0.2) is 24.1 Å². The molecule has 1 heterocycles. The summed E-state index contributed by atoms with van der Waals surface area (Å²) in [5.74, 6) is 0.381. The third kappa shape index (κ3) is 3.33. The molecule has 0 aliphatic carbocycles. The van der Waals surface area contributed by atoms with Crippen molar-refractivity contribution in [1.29, 1.82) is 5.26 Å². The second kappa shape index (κ2) is 5.21. The van der Waals surface area contributed by atoms with Crippen LogP contribution in [0.4, 0.5) is 0 Å². The predicted molar refractivity (Wildman–Crippen MR) is 52.8 cm³/mol. The van der Waals surface area contributed by atoms with Crippen LogP contribution in [0.5, 0.6) is 0 Å². The Morgan fingerprint density at radius 3 is 2.31 bits per heavy atom. The second-order valence-electron chi connectivity index (χ2n) is 4.03. The standard InChI is InChI=1S/C10H19N3/c1-9(2)10(8-11)12-13-6-4-3-5-7-13/h9-10,12H,3-7H2,1-2H3. The van der Waals surface area contributed by atoms with Crippen molar-refractivity contribution in [3.63, 3.8) is 0 Å². The molecular weight excluding hydrogens is 162 g/mol. The molecule has 0 saturated carbocycles. The Kier molecular flexibility index (Phi) is 4.20. The van der Waals surface area contributed by atoms with Crippen LogP contribution in [0.25, 0.3) is 0 Å². The maximum Gasteiger partial charge on any atom is 0.110 e. The molecule has 1 aliphatic rings. The fourth-order valence-electron chi connectivity index (χ4n) is 1.55. The number of nitrogens with zero attached hydrogens (tertiary/aromatic N) is 2. The quantitative estimate of drug-likeness (QED) is 0.717. The number of nitriles is 1. The smallest absolute Gasteiger partial charge is 0.110 e. The molecule has 0 radical (unpaired) electrons. The second-order valence-corrected chi connectivity index (χ2v) is 4.03. The van der Waals surface area contributed by atoms with Crippen molar-refractivity contribution >= 4 is 0 Å². The Bertz CT molecular complexity index is 177. The van der Waals surface area contributed by atoms with Gasteiger partial charge in [0.2, 0.25) is 0 Å². The highest BCUT2D eigenvalue weighted by atomic mass is 15.5. The van der Waals surface area contributed by atoms with Crippen LogP contribution in [-0.2, 0) is 0 Å². The molecule has 0 aromatic carbocycles. The molecule has 1 fully saturated rings. The van der Waals surface area contributed by atoms with Gasteiger partial charge in [-0.3, -0.25) is 0 Å². The summed E-state index contributed by atoms with van der Waals surface area (Å²) >= 11 is 0. The van der Waals surface area contributed by atoms with Gasteiger partial charge in [0.05, 0.1) is 6.07 Å². The number of hydrazine groups is 1. The molecule has 1 rings (SSSR count). The molecule has 1 atom stereocenters. The largest absolute Gasteiger partial charge is 0.243 e. The molecule has 74 valence electrons. The van der Waals surface area contributed by atoms with Gasteiger partial charge in [0.25, 0.3) is 0 Å². The highest BCUT2D eigenvalue weighted by Crippen LogP contribution is 2.08. The van der Waals surface area contributed by atoms with Crippen LogP contribution >= 0.6 is 0 Å². The normalized spacial score (nSPS) is 21.4. The predicted octanol–water partition coefficient (Wildman–Crippen LogP) is 1.53. The Balaban J connectivity index is 2.32. The number of hydrogen-bond donors (Lipinski definition) is 1. The highest BCUT2D eigenvalue weighted by Gasteiger charge is 2.17. The average molecular weight is 181 g/mol. The van der Waals surface area contributed by atoms with E-state index in [1.54, 1.807) is 0 Å². The van der Waals surface area contributed by atoms with Crippen molar-refractivity contribution in [1.82, 2.24) is 10.4 Å². The molecule has 3 nitrogen and oxygen atoms in total. The SMILES string of the molecule is CC(C)C(C#N)NN1CCCCC1. The minimum absolute atomic E-state index is 0.0295. The topological polar surface area (TPSA) is 39.1 Å². The van der Waals surface area contributed by atoms with Crippen LogP contribution in [0.3, 0.4) is 0 Å².